The van der Waals surface area contributed by atoms with Gasteiger partial charge < -0.3 is 15.7 Å². The third-order valence-electron chi connectivity index (χ3n) is 1.82. The Balaban J connectivity index is 2.16. The number of aliphatic hydroxyl groups excluding tert-OH is 1. The summed E-state index contributed by atoms with van der Waals surface area (Å²) in [5.41, 5.74) is 0. The summed E-state index contributed by atoms with van der Waals surface area (Å²) in [5, 5.41) is 14.8. The normalized spacial score (nSPS) is 12.4. The van der Waals surface area contributed by atoms with Gasteiger partial charge in [-0.2, -0.15) is 0 Å². The average Bonchev–Trinajstić information content (AvgIpc) is 2.63. The van der Waals surface area contributed by atoms with E-state index in [2.05, 4.69) is 26.6 Å². The van der Waals surface area contributed by atoms with E-state index >= 15 is 0 Å². The maximum Gasteiger partial charge on any atom is 0.261 e. The Bertz CT molecular complexity index is 341. The molecule has 1 rings (SSSR count). The number of amides is 1. The van der Waals surface area contributed by atoms with Crippen LogP contribution >= 0.6 is 27.3 Å². The molecule has 0 aliphatic heterocycles. The first-order valence-electron chi connectivity index (χ1n) is 5.02. The summed E-state index contributed by atoms with van der Waals surface area (Å²) in [6.07, 6.45) is -0.357. The van der Waals surface area contributed by atoms with Gasteiger partial charge in [-0.1, -0.05) is 0 Å². The summed E-state index contributed by atoms with van der Waals surface area (Å²) in [6, 6.07) is 3.64. The molecule has 0 saturated heterocycles. The highest BCUT2D eigenvalue weighted by molar-refractivity contribution is 9.11. The number of carbonyl (C=O) groups excluding carboxylic acids is 1. The minimum Gasteiger partial charge on any atom is -0.392 e. The van der Waals surface area contributed by atoms with Gasteiger partial charge in [-0.05, 0) is 35.0 Å². The molecule has 1 heterocycles. The topological polar surface area (TPSA) is 61.4 Å². The summed E-state index contributed by atoms with van der Waals surface area (Å²) in [7, 11) is 0. The van der Waals surface area contributed by atoms with Crippen molar-refractivity contribution in [2.24, 2.45) is 0 Å². The van der Waals surface area contributed by atoms with Gasteiger partial charge in [-0.25, -0.2) is 0 Å². The van der Waals surface area contributed by atoms with Gasteiger partial charge in [-0.3, -0.25) is 4.79 Å². The van der Waals surface area contributed by atoms with Crippen molar-refractivity contribution in [1.82, 2.24) is 10.6 Å². The van der Waals surface area contributed by atoms with Crippen LogP contribution in [-0.2, 0) is 0 Å². The molecular formula is C10H15BrN2O2S. The maximum atomic E-state index is 11.6. The van der Waals surface area contributed by atoms with Crippen LogP contribution in [0.5, 0.6) is 0 Å². The van der Waals surface area contributed by atoms with Crippen LogP contribution in [0, 0.1) is 0 Å². The molecule has 1 atom stereocenters. The number of hydrogen-bond acceptors (Lipinski definition) is 4. The summed E-state index contributed by atoms with van der Waals surface area (Å²) in [6.45, 7) is 3.47. The highest BCUT2D eigenvalue weighted by Gasteiger charge is 2.06. The Labute approximate surface area is 107 Å². The SMILES string of the molecule is CC(O)CNCCNC(=O)c1ccc(Br)s1. The Morgan fingerprint density at radius 1 is 1.56 bits per heavy atom. The predicted octanol–water partition coefficient (Wildman–Crippen LogP) is 1.21. The number of halogens is 1. The Morgan fingerprint density at radius 2 is 2.31 bits per heavy atom. The number of aliphatic hydroxyl groups is 1. The van der Waals surface area contributed by atoms with Gasteiger partial charge >= 0.3 is 0 Å². The molecule has 0 bridgehead atoms. The largest absolute Gasteiger partial charge is 0.392 e. The molecule has 0 aromatic carbocycles. The molecule has 0 aliphatic carbocycles. The van der Waals surface area contributed by atoms with Gasteiger partial charge in [0.25, 0.3) is 5.91 Å². The molecule has 0 saturated carbocycles. The van der Waals surface area contributed by atoms with Gasteiger partial charge in [0, 0.05) is 19.6 Å². The first-order chi connectivity index (χ1) is 7.59. The van der Waals surface area contributed by atoms with Crippen molar-refractivity contribution in [3.8, 4) is 0 Å². The van der Waals surface area contributed by atoms with Crippen molar-refractivity contribution in [1.29, 1.82) is 0 Å². The summed E-state index contributed by atoms with van der Waals surface area (Å²) in [4.78, 5) is 12.3. The lowest BCUT2D eigenvalue weighted by Crippen LogP contribution is -2.34. The highest BCUT2D eigenvalue weighted by Crippen LogP contribution is 2.21. The average molecular weight is 307 g/mol. The Morgan fingerprint density at radius 3 is 2.88 bits per heavy atom. The van der Waals surface area contributed by atoms with Crippen LogP contribution < -0.4 is 10.6 Å². The first-order valence-corrected chi connectivity index (χ1v) is 6.63. The smallest absolute Gasteiger partial charge is 0.261 e. The lowest BCUT2D eigenvalue weighted by molar-refractivity contribution is 0.0957. The van der Waals surface area contributed by atoms with Crippen LogP contribution in [0.1, 0.15) is 16.6 Å². The van der Waals surface area contributed by atoms with Gasteiger partial charge in [0.05, 0.1) is 14.8 Å². The Hall–Kier alpha value is -0.430. The van der Waals surface area contributed by atoms with Crippen LogP contribution in [0.4, 0.5) is 0 Å². The Kier molecular flexibility index (Phi) is 5.97. The van der Waals surface area contributed by atoms with Crippen molar-refractivity contribution in [2.45, 2.75) is 13.0 Å². The fourth-order valence-electron chi connectivity index (χ4n) is 1.10. The standard InChI is InChI=1S/C10H15BrN2O2S/c1-7(14)6-12-4-5-13-10(15)8-2-3-9(11)16-8/h2-3,7,12,14H,4-6H2,1H3,(H,13,15). The minimum absolute atomic E-state index is 0.0606. The van der Waals surface area contributed by atoms with Gasteiger partial charge in [0.2, 0.25) is 0 Å². The lowest BCUT2D eigenvalue weighted by atomic mass is 10.4. The molecule has 90 valence electrons. The van der Waals surface area contributed by atoms with Crippen LogP contribution in [0.2, 0.25) is 0 Å². The molecular weight excluding hydrogens is 292 g/mol. The molecule has 0 fully saturated rings. The van der Waals surface area contributed by atoms with Crippen molar-refractivity contribution < 1.29 is 9.90 Å². The summed E-state index contributed by atoms with van der Waals surface area (Å²) < 4.78 is 0.949. The second-order valence-corrected chi connectivity index (χ2v) is 5.88. The zero-order chi connectivity index (χ0) is 12.0. The number of nitrogens with one attached hydrogen (secondary N) is 2. The number of hydrogen-bond donors (Lipinski definition) is 3. The second kappa shape index (κ2) is 7.01. The first kappa shape index (κ1) is 13.6. The quantitative estimate of drug-likeness (QED) is 0.692. The summed E-state index contributed by atoms with van der Waals surface area (Å²) in [5.74, 6) is -0.0606. The lowest BCUT2D eigenvalue weighted by Gasteiger charge is -2.07. The van der Waals surface area contributed by atoms with Crippen molar-refractivity contribution in [3.05, 3.63) is 20.8 Å². The molecule has 6 heteroatoms. The second-order valence-electron chi connectivity index (χ2n) is 3.41. The number of rotatable bonds is 6. The van der Waals surface area contributed by atoms with Crippen molar-refractivity contribution in [3.63, 3.8) is 0 Å². The third kappa shape index (κ3) is 5.07. The van der Waals surface area contributed by atoms with E-state index in [0.717, 1.165) is 3.79 Å². The van der Waals surface area contributed by atoms with E-state index in [1.165, 1.54) is 11.3 Å². The fourth-order valence-corrected chi connectivity index (χ4v) is 2.40. The number of thiophene rings is 1. The highest BCUT2D eigenvalue weighted by atomic mass is 79.9. The van der Waals surface area contributed by atoms with E-state index < -0.39 is 0 Å². The molecule has 1 amide bonds. The van der Waals surface area contributed by atoms with Crippen LogP contribution in [-0.4, -0.2) is 36.8 Å². The van der Waals surface area contributed by atoms with E-state index in [-0.39, 0.29) is 12.0 Å². The van der Waals surface area contributed by atoms with E-state index in [0.29, 0.717) is 24.5 Å². The van der Waals surface area contributed by atoms with Crippen LogP contribution in [0.3, 0.4) is 0 Å². The van der Waals surface area contributed by atoms with Crippen LogP contribution in [0.25, 0.3) is 0 Å². The van der Waals surface area contributed by atoms with Gasteiger partial charge in [0.1, 0.15) is 0 Å². The monoisotopic (exact) mass is 306 g/mol. The molecule has 1 aromatic rings. The summed E-state index contributed by atoms with van der Waals surface area (Å²) >= 11 is 4.72. The molecule has 0 aliphatic rings. The minimum atomic E-state index is -0.357. The van der Waals surface area contributed by atoms with Crippen molar-refractivity contribution in [2.75, 3.05) is 19.6 Å². The van der Waals surface area contributed by atoms with E-state index in [4.69, 9.17) is 5.11 Å². The fraction of sp³-hybridized carbons (Fsp3) is 0.500. The molecule has 4 nitrogen and oxygen atoms in total. The molecule has 3 N–H and O–H groups in total. The zero-order valence-electron chi connectivity index (χ0n) is 9.00. The molecule has 1 aromatic heterocycles. The van der Waals surface area contributed by atoms with E-state index in [9.17, 15) is 4.79 Å². The van der Waals surface area contributed by atoms with Gasteiger partial charge in [-0.15, -0.1) is 11.3 Å². The molecule has 16 heavy (non-hydrogen) atoms. The van der Waals surface area contributed by atoms with Crippen molar-refractivity contribution >= 4 is 33.2 Å². The van der Waals surface area contributed by atoms with Crippen LogP contribution in [0.15, 0.2) is 15.9 Å². The van der Waals surface area contributed by atoms with Gasteiger partial charge in [0.15, 0.2) is 0 Å². The zero-order valence-corrected chi connectivity index (χ0v) is 11.4. The predicted molar refractivity (Wildman–Crippen MR) is 68.9 cm³/mol. The molecule has 1 unspecified atom stereocenters. The molecule has 0 radical (unpaired) electrons. The number of carbonyl (C=O) groups is 1. The van der Waals surface area contributed by atoms with E-state index in [1.807, 2.05) is 6.07 Å². The maximum absolute atomic E-state index is 11.6. The van der Waals surface area contributed by atoms with E-state index in [1.54, 1.807) is 13.0 Å². The molecule has 0 spiro atoms. The third-order valence-corrected chi connectivity index (χ3v) is 3.45.